The average Bonchev–Trinajstić information content (AvgIpc) is 3.18. The van der Waals surface area contributed by atoms with E-state index < -0.39 is 4.92 Å². The van der Waals surface area contributed by atoms with Gasteiger partial charge in [-0.05, 0) is 105 Å². The minimum absolute atomic E-state index is 0. The van der Waals surface area contributed by atoms with Gasteiger partial charge in [0.05, 0.1) is 32.3 Å². The Kier molecular flexibility index (Phi) is 34.4. The van der Waals surface area contributed by atoms with Crippen molar-refractivity contribution in [3.8, 4) is 23.0 Å². The van der Waals surface area contributed by atoms with Crippen molar-refractivity contribution in [1.29, 1.82) is 0 Å². The maximum Gasteiger partial charge on any atom is 0.273 e. The molecule has 61 heavy (non-hydrogen) atoms. The molecule has 4 rings (SSSR count). The summed E-state index contributed by atoms with van der Waals surface area (Å²) in [5, 5.41) is 22.0. The summed E-state index contributed by atoms with van der Waals surface area (Å²) in [5.41, 5.74) is 11.6. The van der Waals surface area contributed by atoms with E-state index in [-0.39, 0.29) is 43.3 Å². The molecule has 0 aromatic heterocycles. The molecule has 4 N–H and O–H groups in total. The van der Waals surface area contributed by atoms with Gasteiger partial charge in [-0.15, -0.1) is 0 Å². The van der Waals surface area contributed by atoms with Crippen LogP contribution in [0.1, 0.15) is 78.6 Å². The van der Waals surface area contributed by atoms with Gasteiger partial charge in [0.15, 0.2) is 0 Å². The second-order valence-corrected chi connectivity index (χ2v) is 13.2. The van der Waals surface area contributed by atoms with Gasteiger partial charge in [0.25, 0.3) is 5.69 Å². The zero-order chi connectivity index (χ0) is 45.8. The number of ether oxygens (including phenoxy) is 3. The fourth-order valence-electron chi connectivity index (χ4n) is 4.52. The highest BCUT2D eigenvalue weighted by atomic mass is 35.5. The molecule has 0 aliphatic heterocycles. The molecule has 0 fully saturated rings. The molecular weight excluding hydrogens is 802 g/mol. The van der Waals surface area contributed by atoms with E-state index in [1.807, 2.05) is 58.0 Å². The molecule has 0 radical (unpaired) electrons. The van der Waals surface area contributed by atoms with Crippen LogP contribution in [-0.4, -0.2) is 80.0 Å². The predicted octanol–water partition coefficient (Wildman–Crippen LogP) is 10.5. The number of nitrogen functional groups attached to an aromatic ring is 1. The van der Waals surface area contributed by atoms with Crippen LogP contribution in [0, 0.1) is 37.8 Å². The first kappa shape index (κ1) is 61.8. The largest absolute Gasteiger partial charge is 0.508 e. The molecule has 14 nitrogen and oxygen atoms in total. The van der Waals surface area contributed by atoms with E-state index >= 15 is 0 Å². The van der Waals surface area contributed by atoms with Crippen LogP contribution < -0.4 is 30.2 Å². The van der Waals surface area contributed by atoms with Crippen molar-refractivity contribution in [2.24, 2.45) is 0 Å². The van der Waals surface area contributed by atoms with E-state index in [4.69, 9.17) is 19.9 Å². The van der Waals surface area contributed by atoms with E-state index in [0.29, 0.717) is 11.4 Å². The maximum absolute atomic E-state index is 11.0. The third-order valence-corrected chi connectivity index (χ3v) is 8.16. The number of rotatable bonds is 9. The Labute approximate surface area is 370 Å². The summed E-state index contributed by atoms with van der Waals surface area (Å²) < 4.78 is 15.1. The number of nitro groups is 1. The smallest absolute Gasteiger partial charge is 0.273 e. The number of nitro benzene ring substituents is 1. The minimum Gasteiger partial charge on any atom is -0.508 e. The van der Waals surface area contributed by atoms with Gasteiger partial charge in [0.2, 0.25) is 17.1 Å². The number of nitrogens with one attached hydrogen (secondary N) is 1. The number of amides is 2. The van der Waals surface area contributed by atoms with Crippen LogP contribution in [0.4, 0.5) is 22.7 Å². The van der Waals surface area contributed by atoms with Crippen molar-refractivity contribution in [3.05, 3.63) is 105 Å². The normalized spacial score (nSPS) is 9.11. The Hall–Kier alpha value is -5.86. The highest BCUT2D eigenvalue weighted by Gasteiger charge is 2.08. The van der Waals surface area contributed by atoms with E-state index in [9.17, 15) is 29.6 Å². The number of carbonyl (C=O) groups excluding carboxylic acids is 3. The first-order chi connectivity index (χ1) is 27.6. The molecule has 0 atom stereocenters. The summed E-state index contributed by atoms with van der Waals surface area (Å²) >= 11 is 4.64. The van der Waals surface area contributed by atoms with Gasteiger partial charge >= 0.3 is 0 Å². The van der Waals surface area contributed by atoms with E-state index in [2.05, 4.69) is 42.6 Å². The number of methoxy groups -OCH3 is 3. The summed E-state index contributed by atoms with van der Waals surface area (Å²) in [4.78, 5) is 44.7. The Morgan fingerprint density at radius 1 is 0.721 bits per heavy atom. The molecule has 0 bridgehead atoms. The van der Waals surface area contributed by atoms with Gasteiger partial charge in [0, 0.05) is 69.1 Å². The van der Waals surface area contributed by atoms with Crippen LogP contribution in [0.5, 0.6) is 23.0 Å². The van der Waals surface area contributed by atoms with Crippen LogP contribution in [0.25, 0.3) is 0 Å². The molecule has 0 saturated heterocycles. The lowest BCUT2D eigenvalue weighted by molar-refractivity contribution is -0.384. The van der Waals surface area contributed by atoms with E-state index in [1.165, 1.54) is 64.5 Å². The Morgan fingerprint density at radius 2 is 1.13 bits per heavy atom. The van der Waals surface area contributed by atoms with Gasteiger partial charge in [-0.1, -0.05) is 53.8 Å². The van der Waals surface area contributed by atoms with Crippen LogP contribution in [0.3, 0.4) is 0 Å². The lowest BCUT2D eigenvalue weighted by Crippen LogP contribution is -2.22. The molecular formula is C46H72ClN5O9. The number of anilines is 3. The second kappa shape index (κ2) is 33.9. The number of phenols is 1. The standard InChI is InChI=1S/2C10H13NO2.C8H9NO3.C8H11NO.C6H15N.C2H3ClO.2CH4/c1-7-4-5-9(11-8(2)12)6-10(7)13-3;1-7-4-5-9(6-10(7)13)11(3)8(2)12;1-6-3-4-7(9(10)11)5-8(6)12-2;1-6-3-4-7(9)5-8(6)10-2;1-4-7(5-2)6-3;1-2(3)4;;/h4-6H,1-3H3,(H,11,12);4-6,13H,1-3H3;3-5H,1-2H3;3-5H,9H2,1-2H3;4-6H2,1-3H3;1H3;2*1H4. The van der Waals surface area contributed by atoms with Gasteiger partial charge in [-0.25, -0.2) is 0 Å². The zero-order valence-corrected chi connectivity index (χ0v) is 37.8. The second-order valence-electron chi connectivity index (χ2n) is 12.6. The molecule has 0 aliphatic rings. The number of aromatic hydroxyl groups is 1. The monoisotopic (exact) mass is 874 g/mol. The third kappa shape index (κ3) is 26.8. The number of nitrogens with zero attached hydrogens (tertiary/aromatic N) is 3. The topological polar surface area (TPSA) is 187 Å². The summed E-state index contributed by atoms with van der Waals surface area (Å²) in [6, 6.07) is 20.9. The van der Waals surface area contributed by atoms with Crippen molar-refractivity contribution in [2.75, 3.05) is 64.0 Å². The number of benzene rings is 4. The van der Waals surface area contributed by atoms with Gasteiger partial charge in [-0.3, -0.25) is 24.5 Å². The summed E-state index contributed by atoms with van der Waals surface area (Å²) in [7, 11) is 6.42. The van der Waals surface area contributed by atoms with Gasteiger partial charge in [-0.2, -0.15) is 0 Å². The van der Waals surface area contributed by atoms with Crippen molar-refractivity contribution < 1.29 is 38.6 Å². The molecule has 0 unspecified atom stereocenters. The summed E-state index contributed by atoms with van der Waals surface area (Å²) in [5.74, 6) is 2.26. The molecule has 342 valence electrons. The summed E-state index contributed by atoms with van der Waals surface area (Å²) in [6.07, 6.45) is 0. The lowest BCUT2D eigenvalue weighted by atomic mass is 10.2. The van der Waals surface area contributed by atoms with Gasteiger partial charge < -0.3 is 40.2 Å². The molecule has 0 spiro atoms. The first-order valence-electron chi connectivity index (χ1n) is 18.7. The zero-order valence-electron chi connectivity index (χ0n) is 37.1. The molecule has 4 aromatic carbocycles. The van der Waals surface area contributed by atoms with Crippen molar-refractivity contribution in [1.82, 2.24) is 4.90 Å². The molecule has 15 heteroatoms. The van der Waals surface area contributed by atoms with E-state index in [0.717, 1.165) is 45.1 Å². The molecule has 2 amide bonds. The number of hydrogen-bond acceptors (Lipinski definition) is 11. The first-order valence-corrected chi connectivity index (χ1v) is 19.0. The average molecular weight is 875 g/mol. The maximum atomic E-state index is 11.0. The Balaban J connectivity index is -0.000000327. The number of nitrogens with two attached hydrogens (primary N) is 1. The number of hydrogen-bond donors (Lipinski definition) is 3. The van der Waals surface area contributed by atoms with Crippen LogP contribution >= 0.6 is 11.6 Å². The van der Waals surface area contributed by atoms with Crippen molar-refractivity contribution >= 4 is 51.4 Å². The van der Waals surface area contributed by atoms with Gasteiger partial charge in [0.1, 0.15) is 23.0 Å². The third-order valence-electron chi connectivity index (χ3n) is 8.16. The Bertz CT molecular complexity index is 1890. The summed E-state index contributed by atoms with van der Waals surface area (Å²) in [6.45, 7) is 22.0. The van der Waals surface area contributed by atoms with E-state index in [1.54, 1.807) is 51.6 Å². The quantitative estimate of drug-likeness (QED) is 0.0629. The SMILES string of the molecule is C.C.CC(=O)Cl.CC(=O)N(C)c1ccc(C)c(O)c1.CCN(CC)CC.COc1cc(N)ccc1C.COc1cc(NC(C)=O)ccc1C.COc1cc([N+](=O)[O-])ccc1C. The highest BCUT2D eigenvalue weighted by molar-refractivity contribution is 6.62. The number of non-ortho nitro benzene ring substituents is 1. The fourth-order valence-corrected chi connectivity index (χ4v) is 4.52. The number of halogens is 1. The molecule has 0 saturated carbocycles. The number of carbonyl (C=O) groups is 3. The number of phenolic OH excluding ortho intramolecular Hbond substituents is 1. The minimum atomic E-state index is -0.443. The molecule has 0 heterocycles. The highest BCUT2D eigenvalue weighted by Crippen LogP contribution is 2.25. The predicted molar refractivity (Wildman–Crippen MR) is 254 cm³/mol. The van der Waals surface area contributed by atoms with Crippen LogP contribution in [0.15, 0.2) is 72.8 Å². The molecule has 4 aromatic rings. The van der Waals surface area contributed by atoms with Crippen LogP contribution in [-0.2, 0) is 14.4 Å². The molecule has 0 aliphatic carbocycles. The van der Waals surface area contributed by atoms with Crippen LogP contribution in [0.2, 0.25) is 0 Å². The van der Waals surface area contributed by atoms with Crippen molar-refractivity contribution in [3.63, 3.8) is 0 Å². The fraction of sp³-hybridized carbons (Fsp3) is 0.413. The lowest BCUT2D eigenvalue weighted by Gasteiger charge is -2.15. The Morgan fingerprint density at radius 3 is 1.49 bits per heavy atom. The van der Waals surface area contributed by atoms with Crippen molar-refractivity contribution in [2.45, 2.75) is 84.1 Å². The number of aryl methyl sites for hydroxylation is 4.